The molecule has 0 atom stereocenters. The zero-order valence-electron chi connectivity index (χ0n) is 9.08. The molecule has 2 aromatic rings. The van der Waals surface area contributed by atoms with Crippen molar-refractivity contribution in [2.24, 2.45) is 0 Å². The van der Waals surface area contributed by atoms with Gasteiger partial charge in [-0.05, 0) is 13.0 Å². The maximum absolute atomic E-state index is 11.9. The van der Waals surface area contributed by atoms with Crippen molar-refractivity contribution in [3.8, 4) is 0 Å². The highest BCUT2D eigenvalue weighted by molar-refractivity contribution is 7.89. The molecule has 2 rings (SSSR count). The van der Waals surface area contributed by atoms with E-state index >= 15 is 0 Å². The van der Waals surface area contributed by atoms with E-state index in [1.807, 2.05) is 0 Å². The quantitative estimate of drug-likeness (QED) is 0.798. The van der Waals surface area contributed by atoms with Crippen LogP contribution in [0.25, 0.3) is 0 Å². The Morgan fingerprint density at radius 2 is 2.29 bits per heavy atom. The SMILES string of the molecule is Cc1[nH]ncc1S(=O)(=O)NCc1ccncn1. The Kier molecular flexibility index (Phi) is 3.16. The first-order valence-electron chi connectivity index (χ1n) is 4.84. The van der Waals surface area contributed by atoms with E-state index in [4.69, 9.17) is 0 Å². The van der Waals surface area contributed by atoms with Crippen LogP contribution in [0.2, 0.25) is 0 Å². The minimum Gasteiger partial charge on any atom is -0.281 e. The van der Waals surface area contributed by atoms with Crippen LogP contribution in [0.4, 0.5) is 0 Å². The Morgan fingerprint density at radius 3 is 2.88 bits per heavy atom. The van der Waals surface area contributed by atoms with E-state index in [1.165, 1.54) is 12.5 Å². The third-order valence-corrected chi connectivity index (χ3v) is 3.67. The molecule has 0 amide bonds. The van der Waals surface area contributed by atoms with Crippen molar-refractivity contribution >= 4 is 10.0 Å². The van der Waals surface area contributed by atoms with Crippen LogP contribution >= 0.6 is 0 Å². The standard InChI is InChI=1S/C9H11N5O2S/c1-7-9(5-12-14-7)17(15,16)13-4-8-2-3-10-6-11-8/h2-3,5-6,13H,4H2,1H3,(H,12,14). The van der Waals surface area contributed by atoms with Gasteiger partial charge in [0.05, 0.1) is 24.1 Å². The number of H-pyrrole nitrogens is 1. The van der Waals surface area contributed by atoms with E-state index in [9.17, 15) is 8.42 Å². The molecule has 0 fully saturated rings. The van der Waals surface area contributed by atoms with Gasteiger partial charge in [0.15, 0.2) is 0 Å². The van der Waals surface area contributed by atoms with Crippen LogP contribution in [-0.2, 0) is 16.6 Å². The number of aromatic nitrogens is 4. The van der Waals surface area contributed by atoms with Crippen LogP contribution < -0.4 is 4.72 Å². The van der Waals surface area contributed by atoms with Crippen LogP contribution in [0, 0.1) is 6.92 Å². The number of sulfonamides is 1. The van der Waals surface area contributed by atoms with Crippen molar-refractivity contribution in [1.82, 2.24) is 24.9 Å². The molecule has 8 heteroatoms. The fourth-order valence-electron chi connectivity index (χ4n) is 1.28. The molecule has 90 valence electrons. The first-order valence-corrected chi connectivity index (χ1v) is 6.32. The number of nitrogens with zero attached hydrogens (tertiary/aromatic N) is 3. The molecular formula is C9H11N5O2S. The third kappa shape index (κ3) is 2.66. The molecule has 0 bridgehead atoms. The average molecular weight is 253 g/mol. The van der Waals surface area contributed by atoms with Crippen molar-refractivity contribution in [3.63, 3.8) is 0 Å². The van der Waals surface area contributed by atoms with Gasteiger partial charge >= 0.3 is 0 Å². The van der Waals surface area contributed by atoms with Crippen molar-refractivity contribution in [2.75, 3.05) is 0 Å². The van der Waals surface area contributed by atoms with E-state index < -0.39 is 10.0 Å². The lowest BCUT2D eigenvalue weighted by Crippen LogP contribution is -2.24. The second-order valence-corrected chi connectivity index (χ2v) is 5.12. The summed E-state index contributed by atoms with van der Waals surface area (Å²) in [6, 6.07) is 1.64. The van der Waals surface area contributed by atoms with Crippen molar-refractivity contribution in [1.29, 1.82) is 0 Å². The molecule has 0 saturated heterocycles. The molecule has 0 aliphatic heterocycles. The lowest BCUT2D eigenvalue weighted by Gasteiger charge is -2.04. The maximum Gasteiger partial charge on any atom is 0.244 e. The molecule has 0 spiro atoms. The van der Waals surface area contributed by atoms with Gasteiger partial charge in [-0.1, -0.05) is 0 Å². The largest absolute Gasteiger partial charge is 0.281 e. The molecule has 0 aromatic carbocycles. The van der Waals surface area contributed by atoms with Gasteiger partial charge in [-0.15, -0.1) is 0 Å². The summed E-state index contributed by atoms with van der Waals surface area (Å²) in [5, 5.41) is 6.25. The number of aryl methyl sites for hydroxylation is 1. The molecule has 0 unspecified atom stereocenters. The van der Waals surface area contributed by atoms with Gasteiger partial charge in [0, 0.05) is 6.20 Å². The molecule has 2 aromatic heterocycles. The summed E-state index contributed by atoms with van der Waals surface area (Å²) >= 11 is 0. The molecular weight excluding hydrogens is 242 g/mol. The van der Waals surface area contributed by atoms with E-state index in [2.05, 4.69) is 24.9 Å². The van der Waals surface area contributed by atoms with Crippen LogP contribution in [0.5, 0.6) is 0 Å². The predicted molar refractivity (Wildman–Crippen MR) is 59.4 cm³/mol. The normalized spacial score (nSPS) is 11.6. The first kappa shape index (κ1) is 11.7. The van der Waals surface area contributed by atoms with Crippen LogP contribution in [0.3, 0.4) is 0 Å². The zero-order chi connectivity index (χ0) is 12.3. The van der Waals surface area contributed by atoms with Crippen molar-refractivity contribution in [3.05, 3.63) is 36.2 Å². The lowest BCUT2D eigenvalue weighted by atomic mass is 10.4. The van der Waals surface area contributed by atoms with Gasteiger partial charge < -0.3 is 0 Å². The van der Waals surface area contributed by atoms with Crippen LogP contribution in [0.15, 0.2) is 29.7 Å². The Balaban J connectivity index is 2.12. The van der Waals surface area contributed by atoms with Gasteiger partial charge in [-0.25, -0.2) is 23.1 Å². The predicted octanol–water partition coefficient (Wildman–Crippen LogP) is -0.0134. The monoisotopic (exact) mass is 253 g/mol. The second-order valence-electron chi connectivity index (χ2n) is 3.38. The van der Waals surface area contributed by atoms with Crippen LogP contribution in [-0.4, -0.2) is 28.6 Å². The fraction of sp³-hybridized carbons (Fsp3) is 0.222. The van der Waals surface area contributed by atoms with Crippen molar-refractivity contribution < 1.29 is 8.42 Å². The molecule has 2 N–H and O–H groups in total. The fourth-order valence-corrected chi connectivity index (χ4v) is 2.41. The van der Waals surface area contributed by atoms with Gasteiger partial charge in [-0.3, -0.25) is 5.10 Å². The number of hydrogen-bond acceptors (Lipinski definition) is 5. The topological polar surface area (TPSA) is 101 Å². The van der Waals surface area contributed by atoms with E-state index in [0.717, 1.165) is 0 Å². The summed E-state index contributed by atoms with van der Waals surface area (Å²) in [7, 11) is -3.55. The minimum atomic E-state index is -3.55. The Hall–Kier alpha value is -1.80. The summed E-state index contributed by atoms with van der Waals surface area (Å²) < 4.78 is 26.2. The third-order valence-electron chi connectivity index (χ3n) is 2.16. The number of rotatable bonds is 4. The van der Waals surface area contributed by atoms with Crippen molar-refractivity contribution in [2.45, 2.75) is 18.4 Å². The first-order chi connectivity index (χ1) is 8.09. The van der Waals surface area contributed by atoms with Gasteiger partial charge in [0.25, 0.3) is 0 Å². The summed E-state index contributed by atoms with van der Waals surface area (Å²) in [5.41, 5.74) is 1.10. The smallest absolute Gasteiger partial charge is 0.244 e. The molecule has 0 aliphatic carbocycles. The Labute approximate surface area is 98.4 Å². The highest BCUT2D eigenvalue weighted by Crippen LogP contribution is 2.10. The lowest BCUT2D eigenvalue weighted by molar-refractivity contribution is 0.580. The summed E-state index contributed by atoms with van der Waals surface area (Å²) in [6.07, 6.45) is 4.20. The van der Waals surface area contributed by atoms with Gasteiger partial charge in [0.2, 0.25) is 10.0 Å². The van der Waals surface area contributed by atoms with Crippen LogP contribution in [0.1, 0.15) is 11.4 Å². The van der Waals surface area contributed by atoms with Gasteiger partial charge in [-0.2, -0.15) is 5.10 Å². The van der Waals surface area contributed by atoms with E-state index in [1.54, 1.807) is 19.2 Å². The molecule has 0 radical (unpaired) electrons. The second kappa shape index (κ2) is 4.60. The number of aromatic amines is 1. The van der Waals surface area contributed by atoms with E-state index in [0.29, 0.717) is 11.4 Å². The summed E-state index contributed by atoms with van der Waals surface area (Å²) in [5.74, 6) is 0. The van der Waals surface area contributed by atoms with Gasteiger partial charge in [0.1, 0.15) is 11.2 Å². The highest BCUT2D eigenvalue weighted by Gasteiger charge is 2.18. The summed E-state index contributed by atoms with van der Waals surface area (Å²) in [4.78, 5) is 7.82. The molecule has 0 aliphatic rings. The molecule has 7 nitrogen and oxygen atoms in total. The minimum absolute atomic E-state index is 0.121. The Morgan fingerprint density at radius 1 is 1.47 bits per heavy atom. The number of nitrogens with one attached hydrogen (secondary N) is 2. The number of hydrogen-bond donors (Lipinski definition) is 2. The molecule has 17 heavy (non-hydrogen) atoms. The highest BCUT2D eigenvalue weighted by atomic mass is 32.2. The maximum atomic E-state index is 11.9. The summed E-state index contributed by atoms with van der Waals surface area (Å²) in [6.45, 7) is 1.77. The Bertz CT molecular complexity index is 593. The molecule has 2 heterocycles. The average Bonchev–Trinajstić information content (AvgIpc) is 2.75. The zero-order valence-corrected chi connectivity index (χ0v) is 9.90. The van der Waals surface area contributed by atoms with E-state index in [-0.39, 0.29) is 11.4 Å². The molecule has 0 saturated carbocycles.